The molecule has 0 bridgehead atoms. The number of aliphatic hydroxyl groups is 1. The highest BCUT2D eigenvalue weighted by Gasteiger charge is 2.19. The van der Waals surface area contributed by atoms with Crippen molar-refractivity contribution in [2.24, 2.45) is 5.73 Å². The summed E-state index contributed by atoms with van der Waals surface area (Å²) in [5, 5.41) is 11.8. The lowest BCUT2D eigenvalue weighted by Crippen LogP contribution is -2.38. The largest absolute Gasteiger partial charge is 0.394 e. The first-order valence-corrected chi connectivity index (χ1v) is 11.3. The number of aryl methyl sites for hydroxylation is 1. The lowest BCUT2D eigenvalue weighted by atomic mass is 10.2. The average molecular weight is 468 g/mol. The van der Waals surface area contributed by atoms with Gasteiger partial charge >= 0.3 is 0 Å². The monoisotopic (exact) mass is 467 g/mol. The van der Waals surface area contributed by atoms with Gasteiger partial charge in [-0.25, -0.2) is 18.4 Å². The topological polar surface area (TPSA) is 147 Å². The van der Waals surface area contributed by atoms with Crippen LogP contribution in [0.25, 0.3) is 10.4 Å². The fraction of sp³-hybridized carbons (Fsp3) is 0.167. The number of carbonyl (C=O) groups excluding carboxylic acids is 1. The summed E-state index contributed by atoms with van der Waals surface area (Å²) >= 11 is 7.25. The molecule has 0 saturated heterocycles. The minimum absolute atomic E-state index is 0.0112. The van der Waals surface area contributed by atoms with Crippen LogP contribution in [0.15, 0.2) is 47.5 Å². The molecule has 3 aromatic rings. The summed E-state index contributed by atoms with van der Waals surface area (Å²) in [5.74, 6) is -0.566. The van der Waals surface area contributed by atoms with Crippen molar-refractivity contribution in [2.45, 2.75) is 17.9 Å². The van der Waals surface area contributed by atoms with E-state index in [1.54, 1.807) is 31.2 Å². The molecular weight excluding hydrogens is 450 g/mol. The molecule has 12 heteroatoms. The fourth-order valence-corrected chi connectivity index (χ4v) is 4.68. The highest BCUT2D eigenvalue weighted by Crippen LogP contribution is 2.35. The number of nitrogens with two attached hydrogens (primary N) is 1. The summed E-state index contributed by atoms with van der Waals surface area (Å²) in [6.07, 6.45) is 1.48. The van der Waals surface area contributed by atoms with Crippen LogP contribution in [0.2, 0.25) is 5.15 Å². The molecule has 1 atom stereocenters. The van der Waals surface area contributed by atoms with Crippen molar-refractivity contribution in [1.82, 2.24) is 9.97 Å². The molecule has 3 rings (SSSR count). The molecule has 0 saturated carbocycles. The molecule has 30 heavy (non-hydrogen) atoms. The summed E-state index contributed by atoms with van der Waals surface area (Å²) in [4.78, 5) is 20.9. The second-order valence-corrected chi connectivity index (χ2v) is 9.23. The van der Waals surface area contributed by atoms with Gasteiger partial charge < -0.3 is 16.2 Å². The van der Waals surface area contributed by atoms with Gasteiger partial charge in [0.05, 0.1) is 27.8 Å². The molecule has 5 N–H and O–H groups in total. The third-order valence-corrected chi connectivity index (χ3v) is 6.76. The molecule has 0 aliphatic carbocycles. The molecule has 2 aromatic heterocycles. The molecule has 0 aliphatic rings. The van der Waals surface area contributed by atoms with Crippen molar-refractivity contribution in [3.8, 4) is 10.4 Å². The highest BCUT2D eigenvalue weighted by atomic mass is 35.5. The molecule has 158 valence electrons. The Morgan fingerprint density at radius 3 is 2.70 bits per heavy atom. The van der Waals surface area contributed by atoms with Crippen molar-refractivity contribution in [3.63, 3.8) is 0 Å². The van der Waals surface area contributed by atoms with Crippen LogP contribution in [-0.4, -0.2) is 42.0 Å². The van der Waals surface area contributed by atoms with E-state index in [2.05, 4.69) is 20.0 Å². The summed E-state index contributed by atoms with van der Waals surface area (Å²) in [6.45, 7) is 1.24. The van der Waals surface area contributed by atoms with E-state index in [9.17, 15) is 13.2 Å². The van der Waals surface area contributed by atoms with E-state index in [1.165, 1.54) is 18.3 Å². The number of nitrogens with zero attached hydrogens (tertiary/aromatic N) is 2. The molecular formula is C18H18ClN5O4S2. The predicted molar refractivity (Wildman–Crippen MR) is 116 cm³/mol. The van der Waals surface area contributed by atoms with Gasteiger partial charge in [0.2, 0.25) is 5.91 Å². The lowest BCUT2D eigenvalue weighted by molar-refractivity contribution is -0.118. The Balaban J connectivity index is 1.90. The van der Waals surface area contributed by atoms with Crippen molar-refractivity contribution >= 4 is 49.7 Å². The summed E-state index contributed by atoms with van der Waals surface area (Å²) in [6, 6.07) is 8.36. The van der Waals surface area contributed by atoms with Crippen LogP contribution in [0.1, 0.15) is 5.69 Å². The maximum atomic E-state index is 12.6. The van der Waals surface area contributed by atoms with Gasteiger partial charge in [-0.3, -0.25) is 9.52 Å². The summed E-state index contributed by atoms with van der Waals surface area (Å²) in [5.41, 5.74) is 6.75. The third-order valence-electron chi connectivity index (χ3n) is 3.96. The van der Waals surface area contributed by atoms with Gasteiger partial charge in [-0.2, -0.15) is 0 Å². The number of pyridine rings is 1. The Labute approximate surface area is 182 Å². The van der Waals surface area contributed by atoms with Crippen LogP contribution in [0.4, 0.5) is 10.8 Å². The molecule has 0 unspecified atom stereocenters. The average Bonchev–Trinajstić information content (AvgIpc) is 3.09. The summed E-state index contributed by atoms with van der Waals surface area (Å²) in [7, 11) is -3.85. The second kappa shape index (κ2) is 9.06. The van der Waals surface area contributed by atoms with Crippen molar-refractivity contribution in [3.05, 3.63) is 53.4 Å². The third kappa shape index (κ3) is 4.94. The molecule has 0 spiro atoms. The number of rotatable bonds is 7. The van der Waals surface area contributed by atoms with E-state index >= 15 is 0 Å². The molecule has 0 fully saturated rings. The van der Waals surface area contributed by atoms with E-state index < -0.39 is 28.6 Å². The second-order valence-electron chi connectivity index (χ2n) is 6.19. The molecule has 1 amide bonds. The Morgan fingerprint density at radius 2 is 2.03 bits per heavy atom. The number of sulfonamides is 1. The first-order valence-electron chi connectivity index (χ1n) is 8.60. The number of aliphatic hydroxyl groups excluding tert-OH is 1. The van der Waals surface area contributed by atoms with Crippen LogP contribution >= 0.6 is 22.9 Å². The standard InChI is InChI=1S/C18H18ClN5O4S2/c1-10-15(29-18(22-10)23-17(26)13(20)9-25)11-7-14(16(19)21-8-11)24-30(27,28)12-5-3-2-4-6-12/h2-8,13,24-25H,9,20H2,1H3,(H,22,23,26)/t13-/m0/s1. The number of anilines is 2. The number of thiazole rings is 1. The maximum Gasteiger partial charge on any atom is 0.261 e. The van der Waals surface area contributed by atoms with Gasteiger partial charge in [0, 0.05) is 11.8 Å². The number of halogens is 1. The summed E-state index contributed by atoms with van der Waals surface area (Å²) < 4.78 is 27.6. The van der Waals surface area contributed by atoms with Crippen LogP contribution in [-0.2, 0) is 14.8 Å². The highest BCUT2D eigenvalue weighted by molar-refractivity contribution is 7.92. The number of carbonyl (C=O) groups is 1. The molecule has 0 aliphatic heterocycles. The Morgan fingerprint density at radius 1 is 1.33 bits per heavy atom. The Hall–Kier alpha value is -2.57. The lowest BCUT2D eigenvalue weighted by Gasteiger charge is -2.10. The van der Waals surface area contributed by atoms with Crippen LogP contribution in [0, 0.1) is 6.92 Å². The van der Waals surface area contributed by atoms with Gasteiger partial charge in [0.1, 0.15) is 6.04 Å². The van der Waals surface area contributed by atoms with E-state index in [0.29, 0.717) is 16.1 Å². The smallest absolute Gasteiger partial charge is 0.261 e. The van der Waals surface area contributed by atoms with E-state index in [-0.39, 0.29) is 20.9 Å². The zero-order chi connectivity index (χ0) is 21.9. The first-order chi connectivity index (χ1) is 14.2. The number of nitrogens with one attached hydrogen (secondary N) is 2. The van der Waals surface area contributed by atoms with Crippen LogP contribution in [0.5, 0.6) is 0 Å². The maximum absolute atomic E-state index is 12.6. The van der Waals surface area contributed by atoms with Gasteiger partial charge in [-0.05, 0) is 25.1 Å². The molecule has 2 heterocycles. The molecule has 9 nitrogen and oxygen atoms in total. The number of benzene rings is 1. The normalized spacial score (nSPS) is 12.4. The van der Waals surface area contributed by atoms with Crippen LogP contribution in [0.3, 0.4) is 0 Å². The van der Waals surface area contributed by atoms with Crippen molar-refractivity contribution in [1.29, 1.82) is 0 Å². The zero-order valence-electron chi connectivity index (χ0n) is 15.7. The number of aromatic nitrogens is 2. The van der Waals surface area contributed by atoms with Gasteiger partial charge in [0.15, 0.2) is 10.3 Å². The predicted octanol–water partition coefficient (Wildman–Crippen LogP) is 2.23. The molecule has 1 aromatic carbocycles. The van der Waals surface area contributed by atoms with E-state index in [0.717, 1.165) is 11.3 Å². The Bertz CT molecular complexity index is 1170. The van der Waals surface area contributed by atoms with Gasteiger partial charge in [-0.15, -0.1) is 0 Å². The van der Waals surface area contributed by atoms with E-state index in [1.807, 2.05) is 0 Å². The quantitative estimate of drug-likeness (QED) is 0.389. The van der Waals surface area contributed by atoms with Crippen molar-refractivity contribution in [2.75, 3.05) is 16.6 Å². The molecule has 0 radical (unpaired) electrons. The number of hydrogen-bond donors (Lipinski definition) is 4. The fourth-order valence-electron chi connectivity index (χ4n) is 2.45. The van der Waals surface area contributed by atoms with Gasteiger partial charge in [0.25, 0.3) is 10.0 Å². The zero-order valence-corrected chi connectivity index (χ0v) is 18.1. The minimum Gasteiger partial charge on any atom is -0.394 e. The Kier molecular flexibility index (Phi) is 6.68. The SMILES string of the molecule is Cc1nc(NC(=O)[C@@H](N)CO)sc1-c1cnc(Cl)c(NS(=O)(=O)c2ccccc2)c1. The van der Waals surface area contributed by atoms with Crippen molar-refractivity contribution < 1.29 is 18.3 Å². The van der Waals surface area contributed by atoms with Crippen LogP contribution < -0.4 is 15.8 Å². The number of amides is 1. The minimum atomic E-state index is -3.85. The first kappa shape index (κ1) is 22.1. The number of hydrogen-bond acceptors (Lipinski definition) is 8. The van der Waals surface area contributed by atoms with E-state index in [4.69, 9.17) is 22.4 Å². The van der Waals surface area contributed by atoms with Gasteiger partial charge in [-0.1, -0.05) is 41.1 Å².